The molecule has 1 saturated carbocycles. The number of hydrogen-bond acceptors (Lipinski definition) is 5. The predicted molar refractivity (Wildman–Crippen MR) is 67.0 cm³/mol. The van der Waals surface area contributed by atoms with Crippen LogP contribution in [0.2, 0.25) is 0 Å². The molecule has 0 aromatic heterocycles. The van der Waals surface area contributed by atoms with Gasteiger partial charge in [-0.15, -0.1) is 0 Å². The van der Waals surface area contributed by atoms with Gasteiger partial charge in [-0.1, -0.05) is 0 Å². The van der Waals surface area contributed by atoms with Crippen molar-refractivity contribution in [3.8, 4) is 0 Å². The molecular formula is C11H13FN2O5S. The molecule has 1 fully saturated rings. The number of nitro benzene ring substituents is 1. The van der Waals surface area contributed by atoms with E-state index < -0.39 is 36.8 Å². The summed E-state index contributed by atoms with van der Waals surface area (Å²) in [5.41, 5.74) is -1.28. The molecule has 0 saturated heterocycles. The molecule has 1 aliphatic rings. The van der Waals surface area contributed by atoms with Gasteiger partial charge in [0.05, 0.1) is 11.0 Å². The number of sulfonamides is 1. The van der Waals surface area contributed by atoms with Crippen molar-refractivity contribution in [2.24, 2.45) is 5.41 Å². The van der Waals surface area contributed by atoms with E-state index in [0.717, 1.165) is 12.1 Å². The van der Waals surface area contributed by atoms with Crippen LogP contribution in [0.3, 0.4) is 0 Å². The third-order valence-corrected chi connectivity index (χ3v) is 4.79. The zero-order chi connectivity index (χ0) is 15.0. The zero-order valence-corrected chi connectivity index (χ0v) is 11.2. The van der Waals surface area contributed by atoms with E-state index in [-0.39, 0.29) is 13.2 Å². The fourth-order valence-electron chi connectivity index (χ4n) is 1.75. The van der Waals surface area contributed by atoms with Crippen molar-refractivity contribution in [2.75, 3.05) is 13.2 Å². The maximum Gasteiger partial charge on any atom is 0.292 e. The van der Waals surface area contributed by atoms with Gasteiger partial charge in [-0.05, 0) is 25.0 Å². The molecule has 0 amide bonds. The van der Waals surface area contributed by atoms with E-state index in [4.69, 9.17) is 5.11 Å². The molecule has 20 heavy (non-hydrogen) atoms. The first-order valence-electron chi connectivity index (χ1n) is 5.84. The van der Waals surface area contributed by atoms with E-state index in [1.165, 1.54) is 0 Å². The Morgan fingerprint density at radius 2 is 2.10 bits per heavy atom. The lowest BCUT2D eigenvalue weighted by atomic mass is 10.1. The van der Waals surface area contributed by atoms with E-state index in [1.54, 1.807) is 0 Å². The predicted octanol–water partition coefficient (Wildman–Crippen LogP) is 0.785. The number of rotatable bonds is 6. The first-order valence-corrected chi connectivity index (χ1v) is 7.32. The van der Waals surface area contributed by atoms with Gasteiger partial charge in [-0.2, -0.15) is 0 Å². The van der Waals surface area contributed by atoms with Gasteiger partial charge < -0.3 is 5.11 Å². The van der Waals surface area contributed by atoms with Crippen LogP contribution in [0.25, 0.3) is 0 Å². The van der Waals surface area contributed by atoms with Gasteiger partial charge >= 0.3 is 0 Å². The average molecular weight is 304 g/mol. The van der Waals surface area contributed by atoms with Crippen LogP contribution < -0.4 is 4.72 Å². The van der Waals surface area contributed by atoms with Gasteiger partial charge in [-0.25, -0.2) is 17.5 Å². The zero-order valence-electron chi connectivity index (χ0n) is 10.4. The summed E-state index contributed by atoms with van der Waals surface area (Å²) in [6.45, 7) is -0.151. The second-order valence-electron chi connectivity index (χ2n) is 4.85. The second kappa shape index (κ2) is 5.08. The maximum absolute atomic E-state index is 13.0. The first-order chi connectivity index (χ1) is 9.30. The minimum absolute atomic E-state index is 0.000361. The van der Waals surface area contributed by atoms with Gasteiger partial charge in [0.25, 0.3) is 5.69 Å². The van der Waals surface area contributed by atoms with Crippen molar-refractivity contribution in [2.45, 2.75) is 17.7 Å². The lowest BCUT2D eigenvalue weighted by Gasteiger charge is -2.13. The Kier molecular flexibility index (Phi) is 3.76. The van der Waals surface area contributed by atoms with Crippen molar-refractivity contribution in [1.29, 1.82) is 0 Å². The summed E-state index contributed by atoms with van der Waals surface area (Å²) in [4.78, 5) is 9.26. The molecule has 1 aromatic carbocycles. The van der Waals surface area contributed by atoms with Crippen LogP contribution in [0.1, 0.15) is 12.8 Å². The highest BCUT2D eigenvalue weighted by Crippen LogP contribution is 2.44. The maximum atomic E-state index is 13.0. The Morgan fingerprint density at radius 3 is 2.60 bits per heavy atom. The number of nitrogens with zero attached hydrogens (tertiary/aromatic N) is 1. The van der Waals surface area contributed by atoms with Crippen LogP contribution in [0.5, 0.6) is 0 Å². The van der Waals surface area contributed by atoms with Crippen LogP contribution in [0.15, 0.2) is 23.1 Å². The van der Waals surface area contributed by atoms with Crippen LogP contribution in [0, 0.1) is 21.3 Å². The molecule has 7 nitrogen and oxygen atoms in total. The molecule has 0 unspecified atom stereocenters. The largest absolute Gasteiger partial charge is 0.396 e. The van der Waals surface area contributed by atoms with Crippen LogP contribution in [0.4, 0.5) is 10.1 Å². The average Bonchev–Trinajstić information content (AvgIpc) is 3.17. The SMILES string of the molecule is O=[N+]([O-])c1cc(F)ccc1S(=O)(=O)NCC1(CO)CC1. The number of hydrogen-bond donors (Lipinski definition) is 2. The third-order valence-electron chi connectivity index (χ3n) is 3.34. The normalized spacial score (nSPS) is 16.9. The van der Waals surface area contributed by atoms with Crippen LogP contribution >= 0.6 is 0 Å². The van der Waals surface area contributed by atoms with Crippen molar-refractivity contribution in [3.63, 3.8) is 0 Å². The summed E-state index contributed by atoms with van der Waals surface area (Å²) >= 11 is 0. The minimum Gasteiger partial charge on any atom is -0.396 e. The summed E-state index contributed by atoms with van der Waals surface area (Å²) in [6, 6.07) is 2.27. The summed E-state index contributed by atoms with van der Waals surface area (Å²) in [5, 5.41) is 19.9. The summed E-state index contributed by atoms with van der Waals surface area (Å²) < 4.78 is 39.3. The van der Waals surface area contributed by atoms with Crippen molar-refractivity contribution in [3.05, 3.63) is 34.1 Å². The summed E-state index contributed by atoms with van der Waals surface area (Å²) in [7, 11) is -4.13. The Balaban J connectivity index is 2.27. The van der Waals surface area contributed by atoms with Crippen LogP contribution in [-0.4, -0.2) is 31.6 Å². The number of benzene rings is 1. The fraction of sp³-hybridized carbons (Fsp3) is 0.455. The molecule has 9 heteroatoms. The van der Waals surface area contributed by atoms with Gasteiger partial charge in [0, 0.05) is 18.6 Å². The van der Waals surface area contributed by atoms with Crippen molar-refractivity contribution >= 4 is 15.7 Å². The Labute approximate surface area is 114 Å². The number of aliphatic hydroxyl groups excluding tert-OH is 1. The third kappa shape index (κ3) is 2.94. The van der Waals surface area contributed by atoms with Crippen LogP contribution in [-0.2, 0) is 10.0 Å². The van der Waals surface area contributed by atoms with E-state index in [9.17, 15) is 22.9 Å². The Morgan fingerprint density at radius 1 is 1.45 bits per heavy atom. The Bertz CT molecular complexity index is 642. The minimum atomic E-state index is -4.13. The molecule has 2 N–H and O–H groups in total. The summed E-state index contributed by atoms with van der Waals surface area (Å²) in [5.74, 6) is -0.885. The highest BCUT2D eigenvalue weighted by molar-refractivity contribution is 7.89. The molecule has 0 spiro atoms. The monoisotopic (exact) mass is 304 g/mol. The first kappa shape index (κ1) is 14.8. The number of halogens is 1. The van der Waals surface area contributed by atoms with Gasteiger partial charge in [-0.3, -0.25) is 10.1 Å². The molecule has 1 aromatic rings. The molecule has 0 atom stereocenters. The lowest BCUT2D eigenvalue weighted by molar-refractivity contribution is -0.388. The second-order valence-corrected chi connectivity index (χ2v) is 6.59. The van der Waals surface area contributed by atoms with E-state index in [2.05, 4.69) is 4.72 Å². The lowest BCUT2D eigenvalue weighted by Crippen LogP contribution is -2.32. The van der Waals surface area contributed by atoms with E-state index in [1.807, 2.05) is 0 Å². The quantitative estimate of drug-likeness (QED) is 0.596. The van der Waals surface area contributed by atoms with Crippen molar-refractivity contribution in [1.82, 2.24) is 4.72 Å². The highest BCUT2D eigenvalue weighted by Gasteiger charge is 2.43. The fourth-order valence-corrected chi connectivity index (χ4v) is 3.06. The van der Waals surface area contributed by atoms with Crippen molar-refractivity contribution < 1.29 is 22.8 Å². The summed E-state index contributed by atoms with van der Waals surface area (Å²) in [6.07, 6.45) is 1.38. The standard InChI is InChI=1S/C11H13FN2O5S/c12-8-1-2-10(9(5-8)14(16)17)20(18,19)13-6-11(7-15)3-4-11/h1-2,5,13,15H,3-4,6-7H2. The van der Waals surface area contributed by atoms with Gasteiger partial charge in [0.1, 0.15) is 5.82 Å². The molecule has 0 radical (unpaired) electrons. The van der Waals surface area contributed by atoms with E-state index in [0.29, 0.717) is 18.9 Å². The Hall–Kier alpha value is -1.58. The highest BCUT2D eigenvalue weighted by atomic mass is 32.2. The molecular weight excluding hydrogens is 291 g/mol. The van der Waals surface area contributed by atoms with E-state index >= 15 is 0 Å². The van der Waals surface area contributed by atoms with Gasteiger partial charge in [0.15, 0.2) is 4.90 Å². The molecule has 0 heterocycles. The molecule has 110 valence electrons. The number of nitrogens with one attached hydrogen (secondary N) is 1. The molecule has 0 bridgehead atoms. The molecule has 0 aliphatic heterocycles. The molecule has 2 rings (SSSR count). The molecule has 1 aliphatic carbocycles. The topological polar surface area (TPSA) is 110 Å². The number of aliphatic hydroxyl groups is 1. The number of nitro groups is 1. The van der Waals surface area contributed by atoms with Gasteiger partial charge in [0.2, 0.25) is 10.0 Å². The smallest absolute Gasteiger partial charge is 0.292 e.